The number of carbonyl (C=O) groups excluding carboxylic acids is 2. The molecule has 5 rings (SSSR count). The average Bonchev–Trinajstić information content (AvgIpc) is 3.34. The van der Waals surface area contributed by atoms with E-state index in [2.05, 4.69) is 25.7 Å². The van der Waals surface area contributed by atoms with Crippen LogP contribution in [-0.2, 0) is 12.8 Å². The Kier molecular flexibility index (Phi) is 11.3. The Morgan fingerprint density at radius 1 is 1.07 bits per heavy atom. The lowest BCUT2D eigenvalue weighted by Crippen LogP contribution is -2.51. The lowest BCUT2D eigenvalue weighted by Gasteiger charge is -2.32. The molecule has 2 amide bonds. The summed E-state index contributed by atoms with van der Waals surface area (Å²) in [5.41, 5.74) is 13.0. The van der Waals surface area contributed by atoms with Crippen LogP contribution in [0.25, 0.3) is 11.0 Å². The number of pyridine rings is 1. The van der Waals surface area contributed by atoms with E-state index in [1.54, 1.807) is 35.5 Å². The number of halogens is 2. The summed E-state index contributed by atoms with van der Waals surface area (Å²) in [7, 11) is 0. The first-order valence-corrected chi connectivity index (χ1v) is 13.2. The number of amidine groups is 1. The summed E-state index contributed by atoms with van der Waals surface area (Å²) in [6, 6.07) is 16.4. The third-order valence-corrected chi connectivity index (χ3v) is 6.94. The number of nitrogens with two attached hydrogens (primary N) is 1. The van der Waals surface area contributed by atoms with Crippen LogP contribution in [0.3, 0.4) is 0 Å². The zero-order valence-corrected chi connectivity index (χ0v) is 24.7. The number of nitrogens with one attached hydrogen (secondary N) is 4. The van der Waals surface area contributed by atoms with Gasteiger partial charge in [0.15, 0.2) is 0 Å². The minimum absolute atomic E-state index is 0. The zero-order valence-electron chi connectivity index (χ0n) is 23.1. The van der Waals surface area contributed by atoms with Crippen LogP contribution in [-0.4, -0.2) is 56.9 Å². The van der Waals surface area contributed by atoms with Gasteiger partial charge in [-0.1, -0.05) is 30.3 Å². The first kappa shape index (κ1) is 32.3. The Hall–Kier alpha value is -4.19. The van der Waals surface area contributed by atoms with Gasteiger partial charge >= 0.3 is 6.09 Å². The number of hydrazine groups is 1. The molecule has 1 fully saturated rings. The Morgan fingerprint density at radius 3 is 2.48 bits per heavy atom. The quantitative estimate of drug-likeness (QED) is 0.148. The van der Waals surface area contributed by atoms with Gasteiger partial charge in [-0.25, -0.2) is 14.8 Å². The van der Waals surface area contributed by atoms with Gasteiger partial charge < -0.3 is 20.8 Å². The molecule has 4 aromatic rings. The van der Waals surface area contributed by atoms with E-state index in [4.69, 9.17) is 15.9 Å². The van der Waals surface area contributed by atoms with Crippen molar-refractivity contribution in [3.05, 3.63) is 89.0 Å². The molecule has 42 heavy (non-hydrogen) atoms. The molecule has 0 unspecified atom stereocenters. The van der Waals surface area contributed by atoms with E-state index in [1.165, 1.54) is 0 Å². The van der Waals surface area contributed by atoms with Crippen molar-refractivity contribution in [2.75, 3.05) is 13.1 Å². The summed E-state index contributed by atoms with van der Waals surface area (Å²) in [6.45, 7) is 3.03. The highest BCUT2D eigenvalue weighted by Gasteiger charge is 2.24. The summed E-state index contributed by atoms with van der Waals surface area (Å²) < 4.78 is 5.79. The monoisotopic (exact) mass is 612 g/mol. The number of hydrogen-bond acceptors (Lipinski definition) is 7. The Bertz CT molecular complexity index is 1520. The van der Waals surface area contributed by atoms with Crippen LogP contribution in [0.1, 0.15) is 45.8 Å². The lowest BCUT2D eigenvalue weighted by molar-refractivity contribution is 0.0869. The van der Waals surface area contributed by atoms with Crippen LogP contribution in [0.15, 0.2) is 60.8 Å². The first-order valence-electron chi connectivity index (χ1n) is 13.2. The molecule has 0 bridgehead atoms. The molecule has 3 heterocycles. The van der Waals surface area contributed by atoms with E-state index in [9.17, 15) is 9.59 Å². The number of aryl methyl sites for hydroxylation is 3. The van der Waals surface area contributed by atoms with Gasteiger partial charge in [-0.05, 0) is 62.4 Å². The van der Waals surface area contributed by atoms with E-state index in [0.29, 0.717) is 55.8 Å². The number of nitrogen functional groups attached to an aromatic ring is 1. The number of fused-ring (bicyclic) bond motifs is 1. The van der Waals surface area contributed by atoms with Crippen molar-refractivity contribution in [3.63, 3.8) is 0 Å². The van der Waals surface area contributed by atoms with Gasteiger partial charge in [0, 0.05) is 36.5 Å². The molecule has 6 N–H and O–H groups in total. The van der Waals surface area contributed by atoms with Crippen molar-refractivity contribution in [3.8, 4) is 5.75 Å². The standard InChI is InChI=1S/C29H32N8O3.2ClH/c1-18-33-23-11-12-25(22(26(23)34-18)10-7-19-5-8-20(9-6-19)27(30)31)40-29(39)36-37-16-13-21(14-17-37)35-28(38)24-4-2-3-15-32-24;;/h2-6,8-9,11-12,15,21H,7,10,13-14,16-17H2,1H3,(H3,30,31)(H,33,34)(H,35,38)(H,36,39);2*1H. The molecule has 222 valence electrons. The van der Waals surface area contributed by atoms with Crippen LogP contribution in [0.5, 0.6) is 5.75 Å². The zero-order chi connectivity index (χ0) is 28.1. The van der Waals surface area contributed by atoms with Gasteiger partial charge in [0.1, 0.15) is 23.1 Å². The summed E-state index contributed by atoms with van der Waals surface area (Å²) >= 11 is 0. The van der Waals surface area contributed by atoms with E-state index in [1.807, 2.05) is 37.3 Å². The molecule has 11 nitrogen and oxygen atoms in total. The molecule has 1 aliphatic rings. The van der Waals surface area contributed by atoms with Crippen molar-refractivity contribution in [1.82, 2.24) is 30.7 Å². The first-order chi connectivity index (χ1) is 19.4. The number of aromatic nitrogens is 3. The fourth-order valence-corrected chi connectivity index (χ4v) is 4.84. The maximum atomic E-state index is 12.9. The second kappa shape index (κ2) is 14.6. The molecular weight excluding hydrogens is 579 g/mol. The maximum Gasteiger partial charge on any atom is 0.427 e. The highest BCUT2D eigenvalue weighted by atomic mass is 35.5. The highest BCUT2D eigenvalue weighted by molar-refractivity contribution is 5.95. The second-order valence-electron chi connectivity index (χ2n) is 9.82. The summed E-state index contributed by atoms with van der Waals surface area (Å²) in [5.74, 6) is 1.07. The molecule has 0 radical (unpaired) electrons. The molecule has 0 spiro atoms. The number of rotatable bonds is 8. The number of amides is 2. The predicted molar refractivity (Wildman–Crippen MR) is 166 cm³/mol. The molecule has 0 saturated carbocycles. The summed E-state index contributed by atoms with van der Waals surface area (Å²) in [4.78, 5) is 37.2. The van der Waals surface area contributed by atoms with Crippen LogP contribution in [0.2, 0.25) is 0 Å². The molecule has 1 aliphatic heterocycles. The van der Waals surface area contributed by atoms with Crippen molar-refractivity contribution >= 4 is 53.7 Å². The van der Waals surface area contributed by atoms with Gasteiger partial charge in [-0.2, -0.15) is 0 Å². The van der Waals surface area contributed by atoms with Gasteiger partial charge in [0.25, 0.3) is 5.91 Å². The molecule has 0 atom stereocenters. The number of benzene rings is 2. The number of H-pyrrole nitrogens is 1. The summed E-state index contributed by atoms with van der Waals surface area (Å²) in [5, 5.41) is 12.4. The number of hydrogen-bond donors (Lipinski definition) is 5. The second-order valence-corrected chi connectivity index (χ2v) is 9.82. The van der Waals surface area contributed by atoms with E-state index < -0.39 is 6.09 Å². The molecular formula is C29H34Cl2N8O3. The van der Waals surface area contributed by atoms with Gasteiger partial charge in [-0.15, -0.1) is 24.8 Å². The Balaban J connectivity index is 0.00000242. The lowest BCUT2D eigenvalue weighted by atomic mass is 10.0. The highest BCUT2D eigenvalue weighted by Crippen LogP contribution is 2.28. The smallest absolute Gasteiger partial charge is 0.409 e. The van der Waals surface area contributed by atoms with Crippen molar-refractivity contribution in [1.29, 1.82) is 5.41 Å². The number of aromatic amines is 1. The number of piperidine rings is 1. The minimum Gasteiger partial charge on any atom is -0.409 e. The Labute approximate surface area is 255 Å². The van der Waals surface area contributed by atoms with Crippen LogP contribution >= 0.6 is 24.8 Å². The van der Waals surface area contributed by atoms with Crippen molar-refractivity contribution in [2.45, 2.75) is 38.6 Å². The van der Waals surface area contributed by atoms with Crippen LogP contribution in [0, 0.1) is 12.3 Å². The van der Waals surface area contributed by atoms with Crippen LogP contribution < -0.4 is 21.2 Å². The topological polar surface area (TPSA) is 162 Å². The van der Waals surface area contributed by atoms with E-state index in [0.717, 1.165) is 28.0 Å². The number of nitrogens with zero attached hydrogens (tertiary/aromatic N) is 3. The largest absolute Gasteiger partial charge is 0.427 e. The molecule has 2 aromatic heterocycles. The third-order valence-electron chi connectivity index (χ3n) is 6.94. The van der Waals surface area contributed by atoms with Crippen molar-refractivity contribution in [2.24, 2.45) is 5.73 Å². The predicted octanol–water partition coefficient (Wildman–Crippen LogP) is 4.08. The number of ether oxygens (including phenoxy) is 1. The minimum atomic E-state index is -0.574. The fourth-order valence-electron chi connectivity index (χ4n) is 4.84. The maximum absolute atomic E-state index is 12.9. The molecule has 1 saturated heterocycles. The summed E-state index contributed by atoms with van der Waals surface area (Å²) in [6.07, 6.45) is 3.69. The SMILES string of the molecule is Cc1nc2c(CCc3ccc(C(=N)N)cc3)c(OC(=O)NN3CCC(NC(=O)c4ccccn4)CC3)ccc2[nH]1.Cl.Cl. The number of imidazole rings is 1. The molecule has 2 aromatic carbocycles. The van der Waals surface area contributed by atoms with E-state index in [-0.39, 0.29) is 42.6 Å². The van der Waals surface area contributed by atoms with Gasteiger partial charge in [0.2, 0.25) is 0 Å². The molecule has 0 aliphatic carbocycles. The fraction of sp³-hybridized carbons (Fsp3) is 0.276. The van der Waals surface area contributed by atoms with Crippen molar-refractivity contribution < 1.29 is 14.3 Å². The Morgan fingerprint density at radius 2 is 1.81 bits per heavy atom. The third kappa shape index (κ3) is 7.96. The normalized spacial score (nSPS) is 13.5. The van der Waals surface area contributed by atoms with Gasteiger partial charge in [0.05, 0.1) is 11.0 Å². The van der Waals surface area contributed by atoms with E-state index >= 15 is 0 Å². The van der Waals surface area contributed by atoms with Gasteiger partial charge in [-0.3, -0.25) is 20.6 Å². The average molecular weight is 614 g/mol. The molecule has 13 heteroatoms. The van der Waals surface area contributed by atoms with Crippen LogP contribution in [0.4, 0.5) is 4.79 Å². The number of carbonyl (C=O) groups is 2.